The zero-order chi connectivity index (χ0) is 13.0. The number of amides is 1. The molecule has 0 saturated carbocycles. The molecule has 0 heterocycles. The molecule has 0 unspecified atom stereocenters. The smallest absolute Gasteiger partial charge is 0.303 e. The van der Waals surface area contributed by atoms with Gasteiger partial charge in [0.15, 0.2) is 0 Å². The number of benzene rings is 1. The number of hydrogen-bond acceptors (Lipinski definition) is 2. The number of aryl methyl sites for hydroxylation is 2. The molecule has 0 aromatic heterocycles. The van der Waals surface area contributed by atoms with Gasteiger partial charge in [0.2, 0.25) is 5.91 Å². The van der Waals surface area contributed by atoms with Crippen molar-refractivity contribution < 1.29 is 14.7 Å². The van der Waals surface area contributed by atoms with Gasteiger partial charge in [-0.15, -0.1) is 0 Å². The normalized spacial score (nSPS) is 10.1. The highest BCUT2D eigenvalue weighted by atomic mass is 79.9. The van der Waals surface area contributed by atoms with Gasteiger partial charge in [0.1, 0.15) is 0 Å². The molecule has 1 amide bonds. The van der Waals surface area contributed by atoms with Gasteiger partial charge in [-0.3, -0.25) is 9.59 Å². The van der Waals surface area contributed by atoms with Crippen LogP contribution in [-0.4, -0.2) is 17.0 Å². The molecule has 1 rings (SSSR count). The van der Waals surface area contributed by atoms with Gasteiger partial charge in [0.25, 0.3) is 0 Å². The van der Waals surface area contributed by atoms with Gasteiger partial charge < -0.3 is 10.4 Å². The standard InChI is InChI=1S/C12H14BrNO3/c1-7-5-9(6-8(2)12(7)13)14-10(15)3-4-11(16)17/h5-6H,3-4H2,1-2H3,(H,14,15)(H,16,17). The van der Waals surface area contributed by atoms with E-state index in [1.807, 2.05) is 26.0 Å². The Kier molecular flexibility index (Phi) is 4.69. The third kappa shape index (κ3) is 4.19. The molecule has 17 heavy (non-hydrogen) atoms. The van der Waals surface area contributed by atoms with Gasteiger partial charge in [0.05, 0.1) is 6.42 Å². The summed E-state index contributed by atoms with van der Waals surface area (Å²) in [6.07, 6.45) is -0.163. The van der Waals surface area contributed by atoms with Crippen molar-refractivity contribution in [3.63, 3.8) is 0 Å². The molecule has 0 radical (unpaired) electrons. The van der Waals surface area contributed by atoms with E-state index in [1.54, 1.807) is 0 Å². The van der Waals surface area contributed by atoms with E-state index >= 15 is 0 Å². The van der Waals surface area contributed by atoms with Crippen molar-refractivity contribution in [2.75, 3.05) is 5.32 Å². The summed E-state index contributed by atoms with van der Waals surface area (Å²) in [5.74, 6) is -1.25. The first-order valence-electron chi connectivity index (χ1n) is 5.18. The van der Waals surface area contributed by atoms with E-state index in [9.17, 15) is 9.59 Å². The molecule has 0 bridgehead atoms. The van der Waals surface area contributed by atoms with Crippen LogP contribution in [0.25, 0.3) is 0 Å². The van der Waals surface area contributed by atoms with Crippen LogP contribution >= 0.6 is 15.9 Å². The maximum atomic E-state index is 11.4. The first-order valence-corrected chi connectivity index (χ1v) is 5.98. The maximum absolute atomic E-state index is 11.4. The lowest BCUT2D eigenvalue weighted by Crippen LogP contribution is -2.13. The Bertz CT molecular complexity index is 434. The molecule has 0 saturated heterocycles. The summed E-state index contributed by atoms with van der Waals surface area (Å²) < 4.78 is 1.01. The van der Waals surface area contributed by atoms with Crippen molar-refractivity contribution >= 4 is 33.5 Å². The van der Waals surface area contributed by atoms with Crippen molar-refractivity contribution in [2.45, 2.75) is 26.7 Å². The molecular weight excluding hydrogens is 286 g/mol. The first kappa shape index (κ1) is 13.7. The van der Waals surface area contributed by atoms with Crippen molar-refractivity contribution in [2.24, 2.45) is 0 Å². The topological polar surface area (TPSA) is 66.4 Å². The van der Waals surface area contributed by atoms with Gasteiger partial charge in [0, 0.05) is 16.6 Å². The number of halogens is 1. The highest BCUT2D eigenvalue weighted by molar-refractivity contribution is 9.10. The molecule has 92 valence electrons. The molecule has 4 nitrogen and oxygen atoms in total. The molecule has 0 aliphatic carbocycles. The van der Waals surface area contributed by atoms with E-state index in [-0.39, 0.29) is 18.7 Å². The highest BCUT2D eigenvalue weighted by Gasteiger charge is 2.07. The second kappa shape index (κ2) is 5.82. The van der Waals surface area contributed by atoms with Crippen LogP contribution in [-0.2, 0) is 9.59 Å². The molecule has 1 aromatic rings. The molecule has 5 heteroatoms. The lowest BCUT2D eigenvalue weighted by molar-refractivity contribution is -0.138. The van der Waals surface area contributed by atoms with E-state index in [2.05, 4.69) is 21.2 Å². The number of carbonyl (C=O) groups is 2. The summed E-state index contributed by atoms with van der Waals surface area (Å²) in [4.78, 5) is 21.8. The van der Waals surface area contributed by atoms with Crippen LogP contribution in [0.1, 0.15) is 24.0 Å². The number of hydrogen-bond donors (Lipinski definition) is 2. The number of carboxylic acids is 1. The second-order valence-corrected chi connectivity index (χ2v) is 4.66. The number of anilines is 1. The van der Waals surface area contributed by atoms with Gasteiger partial charge in [-0.25, -0.2) is 0 Å². The van der Waals surface area contributed by atoms with Gasteiger partial charge in [-0.2, -0.15) is 0 Å². The Hall–Kier alpha value is -1.36. The minimum atomic E-state index is -0.969. The number of nitrogens with one attached hydrogen (secondary N) is 1. The van der Waals surface area contributed by atoms with Crippen molar-refractivity contribution in [3.05, 3.63) is 27.7 Å². The van der Waals surface area contributed by atoms with Crippen molar-refractivity contribution in [3.8, 4) is 0 Å². The average molecular weight is 300 g/mol. The van der Waals surface area contributed by atoms with Crippen LogP contribution < -0.4 is 5.32 Å². The zero-order valence-corrected chi connectivity index (χ0v) is 11.3. The Morgan fingerprint density at radius 1 is 1.24 bits per heavy atom. The first-order chi connectivity index (χ1) is 7.90. The lowest BCUT2D eigenvalue weighted by atomic mass is 10.1. The molecule has 0 aliphatic rings. The predicted molar refractivity (Wildman–Crippen MR) is 69.1 cm³/mol. The number of carbonyl (C=O) groups excluding carboxylic acids is 1. The van der Waals surface area contributed by atoms with Crippen LogP contribution in [0.2, 0.25) is 0 Å². The number of aliphatic carboxylic acids is 1. The Morgan fingerprint density at radius 2 is 1.76 bits per heavy atom. The zero-order valence-electron chi connectivity index (χ0n) is 9.71. The molecule has 0 spiro atoms. The second-order valence-electron chi connectivity index (χ2n) is 3.87. The van der Waals surface area contributed by atoms with Crippen LogP contribution in [0.15, 0.2) is 16.6 Å². The molecule has 1 aromatic carbocycles. The fourth-order valence-corrected chi connectivity index (χ4v) is 1.69. The molecule has 2 N–H and O–H groups in total. The Morgan fingerprint density at radius 3 is 2.24 bits per heavy atom. The van der Waals surface area contributed by atoms with E-state index in [0.717, 1.165) is 15.6 Å². The molecule has 0 aliphatic heterocycles. The SMILES string of the molecule is Cc1cc(NC(=O)CCC(=O)O)cc(C)c1Br. The minimum absolute atomic E-state index is 0.0104. The molecule has 0 fully saturated rings. The summed E-state index contributed by atoms with van der Waals surface area (Å²) in [5, 5.41) is 11.1. The summed E-state index contributed by atoms with van der Waals surface area (Å²) >= 11 is 3.44. The molecule has 0 atom stereocenters. The quantitative estimate of drug-likeness (QED) is 0.898. The van der Waals surface area contributed by atoms with E-state index in [4.69, 9.17) is 5.11 Å². The van der Waals surface area contributed by atoms with Gasteiger partial charge in [-0.1, -0.05) is 15.9 Å². The lowest BCUT2D eigenvalue weighted by Gasteiger charge is -2.09. The van der Waals surface area contributed by atoms with Crippen LogP contribution in [0.3, 0.4) is 0 Å². The van der Waals surface area contributed by atoms with Crippen LogP contribution in [0.5, 0.6) is 0 Å². The fraction of sp³-hybridized carbons (Fsp3) is 0.333. The largest absolute Gasteiger partial charge is 0.481 e. The summed E-state index contributed by atoms with van der Waals surface area (Å²) in [6.45, 7) is 3.87. The molecular formula is C12H14BrNO3. The minimum Gasteiger partial charge on any atom is -0.481 e. The summed E-state index contributed by atoms with van der Waals surface area (Å²) in [5.41, 5.74) is 2.75. The van der Waals surface area contributed by atoms with E-state index < -0.39 is 5.97 Å². The highest BCUT2D eigenvalue weighted by Crippen LogP contribution is 2.25. The Balaban J connectivity index is 2.69. The Labute approximate surface area is 108 Å². The third-order valence-electron chi connectivity index (χ3n) is 2.29. The summed E-state index contributed by atoms with van der Waals surface area (Å²) in [7, 11) is 0. The van der Waals surface area contributed by atoms with Crippen molar-refractivity contribution in [1.82, 2.24) is 0 Å². The summed E-state index contributed by atoms with van der Waals surface area (Å²) in [6, 6.07) is 3.69. The van der Waals surface area contributed by atoms with E-state index in [1.165, 1.54) is 0 Å². The van der Waals surface area contributed by atoms with Gasteiger partial charge >= 0.3 is 5.97 Å². The predicted octanol–water partition coefficient (Wildman–Crippen LogP) is 2.87. The number of carboxylic acid groups (broad SMARTS) is 1. The van der Waals surface area contributed by atoms with Gasteiger partial charge in [-0.05, 0) is 37.1 Å². The van der Waals surface area contributed by atoms with Crippen LogP contribution in [0, 0.1) is 13.8 Å². The maximum Gasteiger partial charge on any atom is 0.303 e. The average Bonchev–Trinajstić information content (AvgIpc) is 2.23. The fourth-order valence-electron chi connectivity index (χ4n) is 1.46. The van der Waals surface area contributed by atoms with Crippen molar-refractivity contribution in [1.29, 1.82) is 0 Å². The van der Waals surface area contributed by atoms with Crippen LogP contribution in [0.4, 0.5) is 5.69 Å². The monoisotopic (exact) mass is 299 g/mol. The number of rotatable bonds is 4. The third-order valence-corrected chi connectivity index (χ3v) is 3.54. The van der Waals surface area contributed by atoms with E-state index in [0.29, 0.717) is 5.69 Å².